The van der Waals surface area contributed by atoms with Crippen LogP contribution in [0.2, 0.25) is 0 Å². The molecule has 0 saturated heterocycles. The molecule has 0 radical (unpaired) electrons. The van der Waals surface area contributed by atoms with E-state index in [1.54, 1.807) is 24.3 Å². The third kappa shape index (κ3) is 3.33. The molecule has 1 fully saturated rings. The van der Waals surface area contributed by atoms with E-state index in [4.69, 9.17) is 0 Å². The van der Waals surface area contributed by atoms with Crippen LogP contribution in [0.3, 0.4) is 0 Å². The molecule has 18 heavy (non-hydrogen) atoms. The predicted octanol–water partition coefficient (Wildman–Crippen LogP) is 3.45. The number of sulfonamides is 1. The molecule has 1 saturated carbocycles. The van der Waals surface area contributed by atoms with Crippen LogP contribution in [0.25, 0.3) is 0 Å². The van der Waals surface area contributed by atoms with Crippen molar-refractivity contribution in [3.8, 4) is 0 Å². The van der Waals surface area contributed by atoms with Gasteiger partial charge in [-0.1, -0.05) is 35.2 Å². The molecule has 100 valence electrons. The van der Waals surface area contributed by atoms with Crippen LogP contribution in [-0.4, -0.2) is 14.0 Å². The highest BCUT2D eigenvalue weighted by molar-refractivity contribution is 9.10. The molecule has 1 aromatic rings. The number of benzene rings is 1. The highest BCUT2D eigenvalue weighted by atomic mass is 79.9. The van der Waals surface area contributed by atoms with E-state index in [1.165, 1.54) is 6.42 Å². The molecule has 1 aliphatic rings. The second kappa shape index (κ2) is 5.31. The van der Waals surface area contributed by atoms with Gasteiger partial charge in [0.2, 0.25) is 10.0 Å². The molecule has 0 amide bonds. The monoisotopic (exact) mass is 331 g/mol. The second-order valence-corrected chi connectivity index (χ2v) is 7.78. The van der Waals surface area contributed by atoms with E-state index in [9.17, 15) is 8.42 Å². The zero-order chi connectivity index (χ0) is 13.2. The first-order chi connectivity index (χ1) is 8.41. The minimum atomic E-state index is -3.41. The predicted molar refractivity (Wildman–Crippen MR) is 76.0 cm³/mol. The Kier molecular flexibility index (Phi) is 4.14. The second-order valence-electron chi connectivity index (χ2n) is 5.18. The third-order valence-electron chi connectivity index (χ3n) is 3.46. The lowest BCUT2D eigenvalue weighted by molar-refractivity contribution is 0.294. The van der Waals surface area contributed by atoms with Crippen molar-refractivity contribution in [3.05, 3.63) is 28.7 Å². The van der Waals surface area contributed by atoms with Crippen molar-refractivity contribution in [3.63, 3.8) is 0 Å². The van der Waals surface area contributed by atoms with Crippen molar-refractivity contribution in [2.75, 3.05) is 0 Å². The van der Waals surface area contributed by atoms with E-state index in [0.29, 0.717) is 4.90 Å². The van der Waals surface area contributed by atoms with Crippen molar-refractivity contribution >= 4 is 26.0 Å². The number of nitrogens with one attached hydrogen (secondary N) is 1. The van der Waals surface area contributed by atoms with Crippen molar-refractivity contribution < 1.29 is 8.42 Å². The number of halogens is 1. The third-order valence-corrected chi connectivity index (χ3v) is 5.64. The first-order valence-corrected chi connectivity index (χ1v) is 8.49. The zero-order valence-electron chi connectivity index (χ0n) is 10.4. The van der Waals surface area contributed by atoms with E-state index in [1.807, 2.05) is 6.92 Å². The van der Waals surface area contributed by atoms with Gasteiger partial charge in [0.25, 0.3) is 0 Å². The Hall–Kier alpha value is -0.390. The van der Waals surface area contributed by atoms with Gasteiger partial charge >= 0.3 is 0 Å². The first kappa shape index (κ1) is 14.0. The van der Waals surface area contributed by atoms with Gasteiger partial charge in [-0.05, 0) is 44.0 Å². The molecule has 3 nitrogen and oxygen atoms in total. The summed E-state index contributed by atoms with van der Waals surface area (Å²) in [6.45, 7) is 2.00. The van der Waals surface area contributed by atoms with Gasteiger partial charge in [0, 0.05) is 10.0 Å². The molecular formula is C13H18BrNO2S. The summed E-state index contributed by atoms with van der Waals surface area (Å²) in [5.41, 5.74) is -0.288. The Labute approximate surface area is 117 Å². The SMILES string of the molecule is CC1(NS(=O)(=O)c2ccc(Br)cc2)CCCCC1. The molecule has 0 aromatic heterocycles. The highest BCUT2D eigenvalue weighted by Gasteiger charge is 2.31. The summed E-state index contributed by atoms with van der Waals surface area (Å²) in [6, 6.07) is 6.74. The molecule has 0 bridgehead atoms. The minimum Gasteiger partial charge on any atom is -0.207 e. The summed E-state index contributed by atoms with van der Waals surface area (Å²) in [6.07, 6.45) is 5.24. The standard InChI is InChI=1S/C13H18BrNO2S/c1-13(9-3-2-4-10-13)15-18(16,17)12-7-5-11(14)6-8-12/h5-8,15H,2-4,9-10H2,1H3. The Morgan fingerprint density at radius 2 is 1.67 bits per heavy atom. The lowest BCUT2D eigenvalue weighted by Gasteiger charge is -2.34. The van der Waals surface area contributed by atoms with Gasteiger partial charge in [-0.25, -0.2) is 13.1 Å². The van der Waals surface area contributed by atoms with E-state index in [-0.39, 0.29) is 5.54 Å². The van der Waals surface area contributed by atoms with Crippen LogP contribution in [0.1, 0.15) is 39.0 Å². The summed E-state index contributed by atoms with van der Waals surface area (Å²) in [5.74, 6) is 0. The Morgan fingerprint density at radius 1 is 1.11 bits per heavy atom. The topological polar surface area (TPSA) is 46.2 Å². The van der Waals surface area contributed by atoms with Crippen molar-refractivity contribution in [2.45, 2.75) is 49.5 Å². The van der Waals surface area contributed by atoms with E-state index in [0.717, 1.165) is 30.2 Å². The van der Waals surface area contributed by atoms with Crippen LogP contribution in [0.5, 0.6) is 0 Å². The Morgan fingerprint density at radius 3 is 2.22 bits per heavy atom. The molecular weight excluding hydrogens is 314 g/mol. The quantitative estimate of drug-likeness (QED) is 0.921. The molecule has 0 atom stereocenters. The highest BCUT2D eigenvalue weighted by Crippen LogP contribution is 2.29. The Balaban J connectivity index is 2.18. The summed E-state index contributed by atoms with van der Waals surface area (Å²) in [4.78, 5) is 0.331. The van der Waals surface area contributed by atoms with Crippen LogP contribution >= 0.6 is 15.9 Å². The van der Waals surface area contributed by atoms with Crippen molar-refractivity contribution in [2.24, 2.45) is 0 Å². The average molecular weight is 332 g/mol. The first-order valence-electron chi connectivity index (χ1n) is 6.21. The largest absolute Gasteiger partial charge is 0.241 e. The van der Waals surface area contributed by atoms with E-state index < -0.39 is 10.0 Å². The van der Waals surface area contributed by atoms with Crippen molar-refractivity contribution in [1.82, 2.24) is 4.72 Å². The maximum absolute atomic E-state index is 12.3. The van der Waals surface area contributed by atoms with Crippen LogP contribution in [0, 0.1) is 0 Å². The summed E-state index contributed by atoms with van der Waals surface area (Å²) >= 11 is 3.31. The number of hydrogen-bond donors (Lipinski definition) is 1. The fraction of sp³-hybridized carbons (Fsp3) is 0.538. The normalized spacial score (nSPS) is 19.7. The molecule has 0 aliphatic heterocycles. The molecule has 0 spiro atoms. The average Bonchev–Trinajstić information content (AvgIpc) is 2.29. The maximum Gasteiger partial charge on any atom is 0.241 e. The molecule has 0 unspecified atom stereocenters. The molecule has 5 heteroatoms. The van der Waals surface area contributed by atoms with E-state index >= 15 is 0 Å². The van der Waals surface area contributed by atoms with Crippen LogP contribution in [0.4, 0.5) is 0 Å². The maximum atomic E-state index is 12.3. The van der Waals surface area contributed by atoms with Gasteiger partial charge in [-0.15, -0.1) is 0 Å². The smallest absolute Gasteiger partial charge is 0.207 e. The number of hydrogen-bond acceptors (Lipinski definition) is 2. The minimum absolute atomic E-state index is 0.288. The van der Waals surface area contributed by atoms with Gasteiger partial charge < -0.3 is 0 Å². The molecule has 1 aromatic carbocycles. The van der Waals surface area contributed by atoms with Gasteiger partial charge in [-0.3, -0.25) is 0 Å². The zero-order valence-corrected chi connectivity index (χ0v) is 12.9. The molecule has 1 aliphatic carbocycles. The molecule has 2 rings (SSSR count). The van der Waals surface area contributed by atoms with Crippen molar-refractivity contribution in [1.29, 1.82) is 0 Å². The lowest BCUT2D eigenvalue weighted by atomic mass is 9.84. The molecule has 0 heterocycles. The fourth-order valence-corrected chi connectivity index (χ4v) is 4.16. The molecule has 1 N–H and O–H groups in total. The summed E-state index contributed by atoms with van der Waals surface area (Å²) in [7, 11) is -3.41. The lowest BCUT2D eigenvalue weighted by Crippen LogP contribution is -2.47. The summed E-state index contributed by atoms with van der Waals surface area (Å²) < 4.78 is 28.3. The van der Waals surface area contributed by atoms with Crippen LogP contribution in [-0.2, 0) is 10.0 Å². The fourth-order valence-electron chi connectivity index (χ4n) is 2.43. The van der Waals surface area contributed by atoms with Crippen LogP contribution < -0.4 is 4.72 Å². The van der Waals surface area contributed by atoms with Gasteiger partial charge in [0.15, 0.2) is 0 Å². The van der Waals surface area contributed by atoms with Crippen LogP contribution in [0.15, 0.2) is 33.6 Å². The Bertz CT molecular complexity index is 504. The van der Waals surface area contributed by atoms with Gasteiger partial charge in [-0.2, -0.15) is 0 Å². The van der Waals surface area contributed by atoms with Gasteiger partial charge in [0.1, 0.15) is 0 Å². The summed E-state index contributed by atoms with van der Waals surface area (Å²) in [5, 5.41) is 0. The van der Waals surface area contributed by atoms with Gasteiger partial charge in [0.05, 0.1) is 4.90 Å². The number of rotatable bonds is 3. The van der Waals surface area contributed by atoms with E-state index in [2.05, 4.69) is 20.7 Å².